The van der Waals surface area contributed by atoms with Crippen LogP contribution in [0.25, 0.3) is 11.1 Å². The van der Waals surface area contributed by atoms with E-state index in [4.69, 9.17) is 0 Å². The van der Waals surface area contributed by atoms with Crippen LogP contribution in [-0.4, -0.2) is 0 Å². The first-order valence-electron chi connectivity index (χ1n) is 14.7. The second-order valence-corrected chi connectivity index (χ2v) is 14.9. The minimum absolute atomic E-state index is 0.190. The highest BCUT2D eigenvalue weighted by atomic mass is 14.6. The molecule has 2 aromatic rings. The van der Waals surface area contributed by atoms with Crippen molar-refractivity contribution in [3.05, 3.63) is 81.9 Å². The van der Waals surface area contributed by atoms with Crippen molar-refractivity contribution in [2.45, 2.75) is 91.9 Å². The number of hydrogen-bond acceptors (Lipinski definition) is 0. The minimum atomic E-state index is 0.190. The molecule has 0 N–H and O–H groups in total. The Kier molecular flexibility index (Phi) is 4.80. The number of rotatable bonds is 2. The molecule has 4 saturated carbocycles. The van der Waals surface area contributed by atoms with Crippen LogP contribution in [0.15, 0.2) is 48.6 Å². The predicted molar refractivity (Wildman–Crippen MR) is 153 cm³/mol. The third-order valence-electron chi connectivity index (χ3n) is 10.9. The molecule has 0 atom stereocenters. The first-order valence-corrected chi connectivity index (χ1v) is 14.7. The van der Waals surface area contributed by atoms with Crippen molar-refractivity contribution in [2.24, 2.45) is 34.5 Å². The molecule has 0 nitrogen and oxygen atoms in total. The van der Waals surface area contributed by atoms with Crippen LogP contribution in [0.1, 0.15) is 107 Å². The maximum Gasteiger partial charge on any atom is 0.0259 e. The van der Waals surface area contributed by atoms with Gasteiger partial charge >= 0.3 is 0 Å². The van der Waals surface area contributed by atoms with Crippen LogP contribution in [0.5, 0.6) is 0 Å². The summed E-state index contributed by atoms with van der Waals surface area (Å²) in [5, 5.41) is 0. The normalized spacial score (nSPS) is 32.4. The van der Waals surface area contributed by atoms with Crippen molar-refractivity contribution in [1.82, 2.24) is 0 Å². The van der Waals surface area contributed by atoms with E-state index in [1.54, 1.807) is 22.3 Å². The standard InChI is InChI=1S/C36H44/c1-22-18-34(3,4)20-26-16-28(7-9-32(22)26)36(30-12-24-11-25(14-30)15-31(36)13-24)29-8-10-33-23(2)19-35(5,6)21-27(33)17-29/h7-10,16-19,24-25,30-31H,11-15,20-21H2,1-6H3. The molecule has 0 amide bonds. The van der Waals surface area contributed by atoms with Gasteiger partial charge in [0.25, 0.3) is 0 Å². The van der Waals surface area contributed by atoms with Gasteiger partial charge in [-0.05, 0) is 138 Å². The van der Waals surface area contributed by atoms with Gasteiger partial charge in [0.1, 0.15) is 0 Å². The Morgan fingerprint density at radius 3 is 1.42 bits per heavy atom. The highest BCUT2D eigenvalue weighted by Gasteiger charge is 2.58. The zero-order valence-electron chi connectivity index (χ0n) is 23.4. The molecule has 36 heavy (non-hydrogen) atoms. The highest BCUT2D eigenvalue weighted by molar-refractivity contribution is 5.72. The van der Waals surface area contributed by atoms with Crippen molar-refractivity contribution < 1.29 is 0 Å². The third kappa shape index (κ3) is 3.32. The summed E-state index contributed by atoms with van der Waals surface area (Å²) in [4.78, 5) is 0. The van der Waals surface area contributed by atoms with E-state index < -0.39 is 0 Å². The molecule has 0 unspecified atom stereocenters. The average Bonchev–Trinajstić information content (AvgIpc) is 2.76. The lowest BCUT2D eigenvalue weighted by Gasteiger charge is -2.62. The van der Waals surface area contributed by atoms with Crippen molar-refractivity contribution >= 4 is 11.1 Å². The molecule has 6 aliphatic rings. The van der Waals surface area contributed by atoms with Crippen molar-refractivity contribution in [2.75, 3.05) is 0 Å². The van der Waals surface area contributed by atoms with E-state index >= 15 is 0 Å². The summed E-state index contributed by atoms with van der Waals surface area (Å²) in [5.41, 5.74) is 13.0. The highest BCUT2D eigenvalue weighted by Crippen LogP contribution is 2.65. The van der Waals surface area contributed by atoms with E-state index in [1.807, 2.05) is 0 Å². The molecule has 4 fully saturated rings. The zero-order chi connectivity index (χ0) is 25.0. The van der Waals surface area contributed by atoms with Gasteiger partial charge in [0.2, 0.25) is 0 Å². The summed E-state index contributed by atoms with van der Waals surface area (Å²) in [6, 6.07) is 15.5. The van der Waals surface area contributed by atoms with Gasteiger partial charge < -0.3 is 0 Å². The summed E-state index contributed by atoms with van der Waals surface area (Å²) in [6.07, 6.45) is 14.6. The number of benzene rings is 2. The molecule has 4 bridgehead atoms. The van der Waals surface area contributed by atoms with E-state index in [1.165, 1.54) is 54.4 Å². The molecule has 0 aromatic heterocycles. The molecule has 0 heterocycles. The van der Waals surface area contributed by atoms with Gasteiger partial charge in [-0.2, -0.15) is 0 Å². The molecule has 0 aliphatic heterocycles. The Bertz CT molecular complexity index is 1200. The largest absolute Gasteiger partial charge is 0.0750 e. The fourth-order valence-electron chi connectivity index (χ4n) is 10.2. The lowest BCUT2D eigenvalue weighted by Crippen LogP contribution is -2.56. The Hall–Kier alpha value is -2.08. The molecule has 0 saturated heterocycles. The minimum Gasteiger partial charge on any atom is -0.0750 e. The molecule has 2 aromatic carbocycles. The maximum absolute atomic E-state index is 2.68. The van der Waals surface area contributed by atoms with Gasteiger partial charge in [-0.1, -0.05) is 76.2 Å². The summed E-state index contributed by atoms with van der Waals surface area (Å²) in [5.74, 6) is 3.55. The van der Waals surface area contributed by atoms with Crippen molar-refractivity contribution in [3.63, 3.8) is 0 Å². The molecule has 8 rings (SSSR count). The van der Waals surface area contributed by atoms with E-state index in [2.05, 4.69) is 90.1 Å². The number of hydrogen-bond donors (Lipinski definition) is 0. The average molecular weight is 477 g/mol. The molecular weight excluding hydrogens is 432 g/mol. The fraction of sp³-hybridized carbons (Fsp3) is 0.556. The number of fused-ring (bicyclic) bond motifs is 2. The molecule has 6 aliphatic carbocycles. The summed E-state index contributed by atoms with van der Waals surface area (Å²) >= 11 is 0. The van der Waals surface area contributed by atoms with E-state index in [0.717, 1.165) is 36.5 Å². The predicted octanol–water partition coefficient (Wildman–Crippen LogP) is 9.40. The maximum atomic E-state index is 2.68. The second kappa shape index (κ2) is 7.49. The quantitative estimate of drug-likeness (QED) is 0.405. The second-order valence-electron chi connectivity index (χ2n) is 14.9. The smallest absolute Gasteiger partial charge is 0.0259 e. The van der Waals surface area contributed by atoms with Crippen LogP contribution in [0.4, 0.5) is 0 Å². The summed E-state index contributed by atoms with van der Waals surface area (Å²) in [6.45, 7) is 14.3. The van der Waals surface area contributed by atoms with Crippen LogP contribution in [-0.2, 0) is 18.3 Å². The van der Waals surface area contributed by atoms with Crippen LogP contribution in [0.2, 0.25) is 0 Å². The van der Waals surface area contributed by atoms with Gasteiger partial charge in [-0.25, -0.2) is 0 Å². The van der Waals surface area contributed by atoms with Crippen LogP contribution >= 0.6 is 0 Å². The lowest BCUT2D eigenvalue weighted by atomic mass is 9.42. The first kappa shape index (κ1) is 23.1. The van der Waals surface area contributed by atoms with E-state index in [9.17, 15) is 0 Å². The number of allylic oxidation sites excluding steroid dienone is 4. The Labute approximate surface area is 219 Å². The van der Waals surface area contributed by atoms with Crippen molar-refractivity contribution in [1.29, 1.82) is 0 Å². The monoisotopic (exact) mass is 476 g/mol. The van der Waals surface area contributed by atoms with Crippen LogP contribution in [0.3, 0.4) is 0 Å². The topological polar surface area (TPSA) is 0 Å². The van der Waals surface area contributed by atoms with Gasteiger partial charge in [0.05, 0.1) is 0 Å². The van der Waals surface area contributed by atoms with Crippen LogP contribution in [0, 0.1) is 34.5 Å². The summed E-state index contributed by atoms with van der Waals surface area (Å²) in [7, 11) is 0. The van der Waals surface area contributed by atoms with Gasteiger partial charge in [0.15, 0.2) is 0 Å². The summed E-state index contributed by atoms with van der Waals surface area (Å²) < 4.78 is 0. The molecule has 0 radical (unpaired) electrons. The Balaban J connectivity index is 1.43. The third-order valence-corrected chi connectivity index (χ3v) is 10.9. The van der Waals surface area contributed by atoms with E-state index in [0.29, 0.717) is 0 Å². The van der Waals surface area contributed by atoms with Gasteiger partial charge in [-0.15, -0.1) is 0 Å². The first-order chi connectivity index (χ1) is 17.0. The fourth-order valence-corrected chi connectivity index (χ4v) is 10.2. The SMILES string of the molecule is CC1=CC(C)(C)Cc2cc(C3(c4ccc5c(c4)CC(C)(C)C=C5C)C4CC5CC(C4)CC3C5)ccc21. The molecular formula is C36H44. The molecule has 188 valence electrons. The van der Waals surface area contributed by atoms with Crippen LogP contribution < -0.4 is 0 Å². The Morgan fingerprint density at radius 2 is 1.00 bits per heavy atom. The Morgan fingerprint density at radius 1 is 0.583 bits per heavy atom. The molecule has 0 spiro atoms. The van der Waals surface area contributed by atoms with Gasteiger partial charge in [0, 0.05) is 5.41 Å². The van der Waals surface area contributed by atoms with Gasteiger partial charge in [-0.3, -0.25) is 0 Å². The van der Waals surface area contributed by atoms with Crippen molar-refractivity contribution in [3.8, 4) is 0 Å². The molecule has 0 heteroatoms. The zero-order valence-corrected chi connectivity index (χ0v) is 23.4. The van der Waals surface area contributed by atoms with E-state index in [-0.39, 0.29) is 16.2 Å². The lowest BCUT2D eigenvalue weighted by molar-refractivity contribution is -0.0419.